The molecule has 3 heterocycles. The van der Waals surface area contributed by atoms with Crippen LogP contribution in [0.25, 0.3) is 0 Å². The molecule has 3 saturated heterocycles. The second-order valence-corrected chi connectivity index (χ2v) is 7.95. The average molecular weight is 350 g/mol. The van der Waals surface area contributed by atoms with E-state index in [4.69, 9.17) is 5.73 Å². The lowest BCUT2D eigenvalue weighted by Crippen LogP contribution is -2.50. The van der Waals surface area contributed by atoms with Crippen molar-refractivity contribution in [3.8, 4) is 0 Å². The zero-order chi connectivity index (χ0) is 18.0. The first-order valence-corrected chi connectivity index (χ1v) is 9.50. The number of hydrogen-bond donors (Lipinski definition) is 1. The second-order valence-electron chi connectivity index (χ2n) is 7.95. The van der Waals surface area contributed by atoms with Gasteiger partial charge in [-0.25, -0.2) is 0 Å². The molecule has 0 aliphatic carbocycles. The summed E-state index contributed by atoms with van der Waals surface area (Å²) in [6.07, 6.45) is 4.29. The Morgan fingerprint density at radius 2 is 1.96 bits per heavy atom. The molecule has 25 heavy (non-hydrogen) atoms. The van der Waals surface area contributed by atoms with Crippen LogP contribution in [0.3, 0.4) is 0 Å². The molecule has 3 rings (SSSR count). The Morgan fingerprint density at radius 3 is 2.56 bits per heavy atom. The predicted octanol–water partition coefficient (Wildman–Crippen LogP) is 0.0447. The van der Waals surface area contributed by atoms with E-state index in [1.54, 1.807) is 0 Å². The van der Waals surface area contributed by atoms with Crippen LogP contribution in [0.1, 0.15) is 39.0 Å². The lowest BCUT2D eigenvalue weighted by molar-refractivity contribution is -0.140. The number of carbonyl (C=O) groups is 3. The van der Waals surface area contributed by atoms with Crippen molar-refractivity contribution < 1.29 is 14.4 Å². The van der Waals surface area contributed by atoms with Crippen LogP contribution in [0.4, 0.5) is 0 Å². The minimum absolute atomic E-state index is 0.0282. The van der Waals surface area contributed by atoms with Gasteiger partial charge in [0.1, 0.15) is 0 Å². The number of likely N-dealkylation sites (tertiary alicyclic amines) is 3. The molecule has 0 aromatic carbocycles. The van der Waals surface area contributed by atoms with Gasteiger partial charge in [0.25, 0.3) is 0 Å². The van der Waals surface area contributed by atoms with Gasteiger partial charge in [0.2, 0.25) is 17.7 Å². The molecule has 3 amide bonds. The maximum Gasteiger partial charge on any atom is 0.231 e. The van der Waals surface area contributed by atoms with Crippen molar-refractivity contribution >= 4 is 17.7 Å². The summed E-state index contributed by atoms with van der Waals surface area (Å²) in [5.41, 5.74) is 5.36. The molecule has 0 saturated carbocycles. The molecule has 0 radical (unpaired) electrons. The largest absolute Gasteiger partial charge is 0.369 e. The van der Waals surface area contributed by atoms with Crippen LogP contribution in [-0.4, -0.2) is 78.2 Å². The monoisotopic (exact) mass is 350 g/mol. The van der Waals surface area contributed by atoms with Crippen molar-refractivity contribution in [1.82, 2.24) is 14.7 Å². The number of hydrogen-bond acceptors (Lipinski definition) is 4. The minimum atomic E-state index is -0.334. The van der Waals surface area contributed by atoms with E-state index in [9.17, 15) is 14.4 Å². The van der Waals surface area contributed by atoms with Crippen molar-refractivity contribution in [1.29, 1.82) is 0 Å². The molecular formula is C18H30N4O3. The SMILES string of the molecule is CCN1CC2(CCN(C(=O)[C@@H]3CCCN(CC(N)=O)C3)CC2)CC1=O. The van der Waals surface area contributed by atoms with Gasteiger partial charge >= 0.3 is 0 Å². The van der Waals surface area contributed by atoms with Crippen molar-refractivity contribution in [2.45, 2.75) is 39.0 Å². The molecule has 1 spiro atoms. The second kappa shape index (κ2) is 7.32. The normalized spacial score (nSPS) is 27.1. The summed E-state index contributed by atoms with van der Waals surface area (Å²) < 4.78 is 0. The van der Waals surface area contributed by atoms with Crippen molar-refractivity contribution in [3.05, 3.63) is 0 Å². The molecule has 1 atom stereocenters. The van der Waals surface area contributed by atoms with Crippen molar-refractivity contribution in [2.24, 2.45) is 17.1 Å². The maximum atomic E-state index is 12.9. The molecule has 0 bridgehead atoms. The van der Waals surface area contributed by atoms with E-state index in [1.165, 1.54) is 0 Å². The predicted molar refractivity (Wildman–Crippen MR) is 93.5 cm³/mol. The van der Waals surface area contributed by atoms with E-state index in [1.807, 2.05) is 21.6 Å². The lowest BCUT2D eigenvalue weighted by atomic mass is 9.77. The average Bonchev–Trinajstić information content (AvgIpc) is 2.90. The Kier molecular flexibility index (Phi) is 5.32. The molecule has 0 aromatic heterocycles. The molecule has 3 fully saturated rings. The highest BCUT2D eigenvalue weighted by Gasteiger charge is 2.45. The Balaban J connectivity index is 1.53. The third-order valence-electron chi connectivity index (χ3n) is 6.16. The molecule has 3 aliphatic rings. The maximum absolute atomic E-state index is 12.9. The number of rotatable bonds is 4. The quantitative estimate of drug-likeness (QED) is 0.776. The molecule has 140 valence electrons. The van der Waals surface area contributed by atoms with Crippen LogP contribution >= 0.6 is 0 Å². The van der Waals surface area contributed by atoms with E-state index < -0.39 is 0 Å². The van der Waals surface area contributed by atoms with E-state index in [2.05, 4.69) is 0 Å². The van der Waals surface area contributed by atoms with Gasteiger partial charge in [-0.15, -0.1) is 0 Å². The van der Waals surface area contributed by atoms with E-state index in [0.717, 1.165) is 58.4 Å². The van der Waals surface area contributed by atoms with Gasteiger partial charge in [-0.2, -0.15) is 0 Å². The van der Waals surface area contributed by atoms with E-state index in [0.29, 0.717) is 13.0 Å². The highest BCUT2D eigenvalue weighted by atomic mass is 16.2. The Hall–Kier alpha value is -1.63. The fraction of sp³-hybridized carbons (Fsp3) is 0.833. The topological polar surface area (TPSA) is 86.9 Å². The highest BCUT2D eigenvalue weighted by Crippen LogP contribution is 2.41. The van der Waals surface area contributed by atoms with Crippen LogP contribution in [0, 0.1) is 11.3 Å². The third-order valence-corrected chi connectivity index (χ3v) is 6.16. The standard InChI is InChI=1S/C18H30N4O3/c1-2-21-13-18(10-16(21)24)5-8-22(9-6-18)17(25)14-4-3-7-20(11-14)12-15(19)23/h14H,2-13H2,1H3,(H2,19,23)/t14-/m1/s1. The van der Waals surface area contributed by atoms with Gasteiger partial charge in [-0.3, -0.25) is 19.3 Å². The summed E-state index contributed by atoms with van der Waals surface area (Å²) in [6, 6.07) is 0. The van der Waals surface area contributed by atoms with Gasteiger partial charge in [0.05, 0.1) is 12.5 Å². The van der Waals surface area contributed by atoms with Gasteiger partial charge in [-0.1, -0.05) is 0 Å². The number of piperidine rings is 2. The van der Waals surface area contributed by atoms with Crippen LogP contribution in [0.15, 0.2) is 0 Å². The zero-order valence-electron chi connectivity index (χ0n) is 15.2. The zero-order valence-corrected chi connectivity index (χ0v) is 15.2. The number of carbonyl (C=O) groups excluding carboxylic acids is 3. The summed E-state index contributed by atoms with van der Waals surface area (Å²) in [5.74, 6) is 0.108. The van der Waals surface area contributed by atoms with Crippen LogP contribution in [-0.2, 0) is 14.4 Å². The van der Waals surface area contributed by atoms with Crippen LogP contribution < -0.4 is 5.73 Å². The molecule has 0 aromatic rings. The molecule has 7 nitrogen and oxygen atoms in total. The summed E-state index contributed by atoms with van der Waals surface area (Å²) in [6.45, 7) is 6.85. The van der Waals surface area contributed by atoms with Crippen LogP contribution in [0.5, 0.6) is 0 Å². The Labute approximate surface area is 149 Å². The minimum Gasteiger partial charge on any atom is -0.369 e. The molecule has 7 heteroatoms. The Bertz CT molecular complexity index is 542. The summed E-state index contributed by atoms with van der Waals surface area (Å²) >= 11 is 0. The molecule has 0 unspecified atom stereocenters. The van der Waals surface area contributed by atoms with E-state index >= 15 is 0 Å². The molecule has 2 N–H and O–H groups in total. The highest BCUT2D eigenvalue weighted by molar-refractivity contribution is 5.81. The first-order valence-electron chi connectivity index (χ1n) is 9.50. The van der Waals surface area contributed by atoms with Crippen LogP contribution in [0.2, 0.25) is 0 Å². The number of nitrogens with two attached hydrogens (primary N) is 1. The number of primary amides is 1. The van der Waals surface area contributed by atoms with Gasteiger partial charge < -0.3 is 15.5 Å². The number of nitrogens with zero attached hydrogens (tertiary/aromatic N) is 3. The lowest BCUT2D eigenvalue weighted by Gasteiger charge is -2.41. The van der Waals surface area contributed by atoms with Crippen molar-refractivity contribution in [3.63, 3.8) is 0 Å². The summed E-state index contributed by atoms with van der Waals surface area (Å²) in [7, 11) is 0. The fourth-order valence-corrected chi connectivity index (χ4v) is 4.69. The summed E-state index contributed by atoms with van der Waals surface area (Å²) in [4.78, 5) is 42.0. The smallest absolute Gasteiger partial charge is 0.231 e. The summed E-state index contributed by atoms with van der Waals surface area (Å²) in [5, 5.41) is 0. The Morgan fingerprint density at radius 1 is 1.24 bits per heavy atom. The third kappa shape index (κ3) is 3.97. The van der Waals surface area contributed by atoms with Crippen molar-refractivity contribution in [2.75, 3.05) is 45.8 Å². The van der Waals surface area contributed by atoms with Gasteiger partial charge in [-0.05, 0) is 39.2 Å². The van der Waals surface area contributed by atoms with Gasteiger partial charge in [0, 0.05) is 44.6 Å². The number of amides is 3. The molecular weight excluding hydrogens is 320 g/mol. The fourth-order valence-electron chi connectivity index (χ4n) is 4.69. The van der Waals surface area contributed by atoms with Gasteiger partial charge in [0.15, 0.2) is 0 Å². The molecule has 3 aliphatic heterocycles. The first-order chi connectivity index (χ1) is 11.9. The first kappa shape index (κ1) is 18.2. The van der Waals surface area contributed by atoms with E-state index in [-0.39, 0.29) is 35.6 Å².